The molecule has 21 heavy (non-hydrogen) atoms. The number of carbonyl (C=O) groups excluding carboxylic acids is 1. The zero-order valence-electron chi connectivity index (χ0n) is 12.7. The molecular weight excluding hydrogens is 270 g/mol. The van der Waals surface area contributed by atoms with Crippen LogP contribution in [0.1, 0.15) is 32.8 Å². The molecule has 5 nitrogen and oxygen atoms in total. The van der Waals surface area contributed by atoms with Gasteiger partial charge in [-0.15, -0.1) is 0 Å². The van der Waals surface area contributed by atoms with Gasteiger partial charge in [0, 0.05) is 6.04 Å². The molecule has 0 saturated heterocycles. The smallest absolute Gasteiger partial charge is 0.322 e. The summed E-state index contributed by atoms with van der Waals surface area (Å²) in [6, 6.07) is 8.82. The van der Waals surface area contributed by atoms with Crippen molar-refractivity contribution < 1.29 is 19.4 Å². The van der Waals surface area contributed by atoms with Gasteiger partial charge in [0.2, 0.25) is 0 Å². The Morgan fingerprint density at radius 3 is 2.29 bits per heavy atom. The largest absolute Gasteiger partial charge is 0.481 e. The highest BCUT2D eigenvalue weighted by Crippen LogP contribution is 2.16. The number of aliphatic carboxylic acids is 1. The molecule has 1 aromatic rings. The fraction of sp³-hybridized carbons (Fsp3) is 0.500. The first-order chi connectivity index (χ1) is 9.70. The van der Waals surface area contributed by atoms with Gasteiger partial charge in [-0.05, 0) is 39.2 Å². The van der Waals surface area contributed by atoms with Crippen molar-refractivity contribution in [1.82, 2.24) is 0 Å². The maximum Gasteiger partial charge on any atom is 0.322 e. The quantitative estimate of drug-likeness (QED) is 0.618. The van der Waals surface area contributed by atoms with Gasteiger partial charge >= 0.3 is 11.9 Å². The number of esters is 1. The Kier molecular flexibility index (Phi) is 5.90. The van der Waals surface area contributed by atoms with Crippen LogP contribution in [0.4, 0.5) is 0 Å². The minimum absolute atomic E-state index is 0.403. The molecule has 0 heterocycles. The van der Waals surface area contributed by atoms with E-state index in [-0.39, 0.29) is 0 Å². The molecular formula is C16H23NO4. The van der Waals surface area contributed by atoms with E-state index >= 15 is 0 Å². The summed E-state index contributed by atoms with van der Waals surface area (Å²) in [4.78, 5) is 23.3. The minimum Gasteiger partial charge on any atom is -0.481 e. The highest BCUT2D eigenvalue weighted by Gasteiger charge is 2.36. The number of hydrogen-bond donors (Lipinski definition) is 2. The van der Waals surface area contributed by atoms with Crippen LogP contribution in [0.3, 0.4) is 0 Å². The monoisotopic (exact) mass is 293 g/mol. The first-order valence-electron chi connectivity index (χ1n) is 6.96. The molecule has 0 bridgehead atoms. The number of carboxylic acid groups (broad SMARTS) is 1. The van der Waals surface area contributed by atoms with Crippen LogP contribution in [0.15, 0.2) is 30.3 Å². The summed E-state index contributed by atoms with van der Waals surface area (Å²) >= 11 is 0. The highest BCUT2D eigenvalue weighted by atomic mass is 16.6. The number of benzene rings is 1. The van der Waals surface area contributed by atoms with Gasteiger partial charge in [-0.25, -0.2) is 0 Å². The van der Waals surface area contributed by atoms with Crippen LogP contribution >= 0.6 is 0 Å². The van der Waals surface area contributed by atoms with Crippen LogP contribution in [0.2, 0.25) is 0 Å². The molecule has 2 atom stereocenters. The molecule has 3 N–H and O–H groups in total. The van der Waals surface area contributed by atoms with Crippen molar-refractivity contribution in [3.63, 3.8) is 0 Å². The lowest BCUT2D eigenvalue weighted by atomic mass is 9.94. The number of rotatable bonds is 6. The molecule has 0 radical (unpaired) electrons. The second-order valence-electron chi connectivity index (χ2n) is 6.04. The topological polar surface area (TPSA) is 89.6 Å². The van der Waals surface area contributed by atoms with E-state index in [1.54, 1.807) is 20.8 Å². The lowest BCUT2D eigenvalue weighted by Gasteiger charge is -2.25. The third-order valence-corrected chi connectivity index (χ3v) is 2.96. The van der Waals surface area contributed by atoms with E-state index in [1.807, 2.05) is 30.3 Å². The van der Waals surface area contributed by atoms with E-state index in [9.17, 15) is 14.7 Å². The summed E-state index contributed by atoms with van der Waals surface area (Å²) in [5, 5.41) is 9.23. The van der Waals surface area contributed by atoms with E-state index in [0.29, 0.717) is 12.8 Å². The summed E-state index contributed by atoms with van der Waals surface area (Å²) < 4.78 is 5.13. The lowest BCUT2D eigenvalue weighted by molar-refractivity contribution is -0.167. The number of aryl methyl sites for hydroxylation is 1. The Morgan fingerprint density at radius 2 is 1.81 bits per heavy atom. The third kappa shape index (κ3) is 5.95. The van der Waals surface area contributed by atoms with E-state index in [1.165, 1.54) is 0 Å². The van der Waals surface area contributed by atoms with Gasteiger partial charge in [-0.1, -0.05) is 30.3 Å². The Labute approximate surface area is 125 Å². The maximum absolute atomic E-state index is 12.0. The van der Waals surface area contributed by atoms with Crippen molar-refractivity contribution in [3.8, 4) is 0 Å². The van der Waals surface area contributed by atoms with Gasteiger partial charge < -0.3 is 15.6 Å². The van der Waals surface area contributed by atoms with Gasteiger partial charge in [-0.2, -0.15) is 0 Å². The van der Waals surface area contributed by atoms with Crippen molar-refractivity contribution in [2.24, 2.45) is 11.7 Å². The zero-order chi connectivity index (χ0) is 16.0. The minimum atomic E-state index is -1.34. The first kappa shape index (κ1) is 17.2. The van der Waals surface area contributed by atoms with Gasteiger partial charge in [0.25, 0.3) is 0 Å². The van der Waals surface area contributed by atoms with Crippen molar-refractivity contribution in [2.45, 2.75) is 45.3 Å². The second-order valence-corrected chi connectivity index (χ2v) is 6.04. The van der Waals surface area contributed by atoms with Crippen molar-refractivity contribution in [1.29, 1.82) is 0 Å². The molecule has 1 aromatic carbocycles. The first-order valence-corrected chi connectivity index (χ1v) is 6.96. The van der Waals surface area contributed by atoms with Crippen LogP contribution in [0.5, 0.6) is 0 Å². The molecule has 0 fully saturated rings. The fourth-order valence-corrected chi connectivity index (χ4v) is 1.97. The Bertz CT molecular complexity index is 479. The van der Waals surface area contributed by atoms with Crippen LogP contribution in [0, 0.1) is 5.92 Å². The number of carboxylic acids is 1. The highest BCUT2D eigenvalue weighted by molar-refractivity contribution is 5.95. The molecule has 0 aliphatic rings. The predicted octanol–water partition coefficient (Wildman–Crippen LogP) is 1.99. The number of carbonyl (C=O) groups is 2. The van der Waals surface area contributed by atoms with Crippen LogP contribution in [-0.2, 0) is 20.7 Å². The van der Waals surface area contributed by atoms with Gasteiger partial charge in [0.05, 0.1) is 0 Å². The molecule has 0 unspecified atom stereocenters. The van der Waals surface area contributed by atoms with Crippen LogP contribution < -0.4 is 5.73 Å². The molecule has 116 valence electrons. The number of hydrogen-bond acceptors (Lipinski definition) is 4. The third-order valence-electron chi connectivity index (χ3n) is 2.96. The van der Waals surface area contributed by atoms with E-state index in [4.69, 9.17) is 10.5 Å². The Hall–Kier alpha value is -1.88. The number of nitrogens with two attached hydrogens (primary N) is 1. The SMILES string of the molecule is CC(C)(C)OC(=O)[C@H](C(=O)O)[C@H](N)CCc1ccccc1. The van der Waals surface area contributed by atoms with Gasteiger partial charge in [0.15, 0.2) is 5.92 Å². The van der Waals surface area contributed by atoms with E-state index in [2.05, 4.69) is 0 Å². The Morgan fingerprint density at radius 1 is 1.24 bits per heavy atom. The molecule has 0 aliphatic heterocycles. The van der Waals surface area contributed by atoms with Gasteiger partial charge in [-0.3, -0.25) is 9.59 Å². The van der Waals surface area contributed by atoms with E-state index < -0.39 is 29.5 Å². The standard InChI is InChI=1S/C16H23NO4/c1-16(2,3)21-15(20)13(14(18)19)12(17)10-9-11-7-5-4-6-8-11/h4-8,12-13H,9-10,17H2,1-3H3,(H,18,19)/t12-,13+/m1/s1. The summed E-state index contributed by atoms with van der Waals surface area (Å²) in [6.45, 7) is 5.08. The molecule has 0 saturated carbocycles. The summed E-state index contributed by atoms with van der Waals surface area (Å²) in [5.74, 6) is -3.37. The normalized spacial score (nSPS) is 14.3. The summed E-state index contributed by atoms with van der Waals surface area (Å²) in [5.41, 5.74) is 6.23. The van der Waals surface area contributed by atoms with Gasteiger partial charge in [0.1, 0.15) is 5.60 Å². The summed E-state index contributed by atoms with van der Waals surface area (Å²) in [7, 11) is 0. The zero-order valence-corrected chi connectivity index (χ0v) is 12.7. The number of ether oxygens (including phenoxy) is 1. The molecule has 0 aromatic heterocycles. The maximum atomic E-state index is 12.0. The molecule has 0 amide bonds. The van der Waals surface area contributed by atoms with Crippen molar-refractivity contribution in [3.05, 3.63) is 35.9 Å². The molecule has 0 spiro atoms. The van der Waals surface area contributed by atoms with E-state index in [0.717, 1.165) is 5.56 Å². The molecule has 1 rings (SSSR count). The molecule has 5 heteroatoms. The second kappa shape index (κ2) is 7.22. The molecule has 0 aliphatic carbocycles. The van der Waals surface area contributed by atoms with Crippen molar-refractivity contribution >= 4 is 11.9 Å². The predicted molar refractivity (Wildman–Crippen MR) is 79.7 cm³/mol. The average Bonchev–Trinajstić information content (AvgIpc) is 2.35. The Balaban J connectivity index is 2.67. The average molecular weight is 293 g/mol. The van der Waals surface area contributed by atoms with Crippen LogP contribution in [0.25, 0.3) is 0 Å². The van der Waals surface area contributed by atoms with Crippen LogP contribution in [-0.4, -0.2) is 28.7 Å². The fourth-order valence-electron chi connectivity index (χ4n) is 1.97. The lowest BCUT2D eigenvalue weighted by Crippen LogP contribution is -2.44. The van der Waals surface area contributed by atoms with Crippen molar-refractivity contribution in [2.75, 3.05) is 0 Å². The summed E-state index contributed by atoms with van der Waals surface area (Å²) in [6.07, 6.45) is 1.02.